The van der Waals surface area contributed by atoms with Crippen LogP contribution in [0.5, 0.6) is 0 Å². The fourth-order valence-electron chi connectivity index (χ4n) is 1.15. The minimum absolute atomic E-state index is 0.181. The molecule has 0 aliphatic rings. The third-order valence-corrected chi connectivity index (χ3v) is 1.70. The Kier molecular flexibility index (Phi) is 1.33. The van der Waals surface area contributed by atoms with E-state index in [9.17, 15) is 9.59 Å². The van der Waals surface area contributed by atoms with Gasteiger partial charge in [0.2, 0.25) is 0 Å². The molecule has 0 radical (unpaired) electrons. The fraction of sp³-hybridized carbons (Fsp3) is 0. The van der Waals surface area contributed by atoms with E-state index in [1.807, 2.05) is 0 Å². The van der Waals surface area contributed by atoms with Crippen molar-refractivity contribution in [3.8, 4) is 0 Å². The molecule has 2 heterocycles. The minimum Gasteiger partial charge on any atom is -0.328 e. The first kappa shape index (κ1) is 6.84. The monoisotopic (exact) mass is 162 g/mol. The Hall–Kier alpha value is -1.84. The van der Waals surface area contributed by atoms with Crippen LogP contribution in [0, 0.1) is 0 Å². The number of aromatic amines is 2. The number of hydrogen-bond donors (Lipinski definition) is 2. The van der Waals surface area contributed by atoms with E-state index in [0.29, 0.717) is 5.39 Å². The summed E-state index contributed by atoms with van der Waals surface area (Å²) in [5, 5.41) is 0.836. The van der Waals surface area contributed by atoms with Crippen molar-refractivity contribution in [3.05, 3.63) is 45.2 Å². The summed E-state index contributed by atoms with van der Waals surface area (Å²) in [5.74, 6) is 0. The van der Waals surface area contributed by atoms with Crippen LogP contribution in [0.4, 0.5) is 0 Å². The Balaban J connectivity index is 3.18. The third kappa shape index (κ3) is 0.852. The Bertz CT molecular complexity index is 479. The van der Waals surface area contributed by atoms with Crippen molar-refractivity contribution in [2.75, 3.05) is 0 Å². The molecule has 60 valence electrons. The van der Waals surface area contributed by atoms with Gasteiger partial charge in [-0.15, -0.1) is 0 Å². The summed E-state index contributed by atoms with van der Waals surface area (Å²) < 4.78 is 0. The van der Waals surface area contributed by atoms with Gasteiger partial charge in [-0.05, 0) is 17.5 Å². The lowest BCUT2D eigenvalue weighted by Crippen LogP contribution is -2.16. The molecule has 0 saturated heterocycles. The Morgan fingerprint density at radius 1 is 0.917 bits per heavy atom. The normalized spacial score (nSPS) is 10.3. The Morgan fingerprint density at radius 2 is 1.42 bits per heavy atom. The van der Waals surface area contributed by atoms with Crippen LogP contribution in [0.1, 0.15) is 0 Å². The lowest BCUT2D eigenvalue weighted by Gasteiger charge is -1.91. The number of rotatable bonds is 0. The summed E-state index contributed by atoms with van der Waals surface area (Å²) in [4.78, 5) is 27.1. The molecule has 0 amide bonds. The SMILES string of the molecule is O=c1[nH]ccc2cc[nH]c(=O)c12. The van der Waals surface area contributed by atoms with Crippen molar-refractivity contribution in [2.24, 2.45) is 0 Å². The van der Waals surface area contributed by atoms with Gasteiger partial charge in [0.25, 0.3) is 11.1 Å². The number of aromatic nitrogens is 2. The predicted octanol–water partition coefficient (Wildman–Crippen LogP) is 0.216. The van der Waals surface area contributed by atoms with Gasteiger partial charge < -0.3 is 9.97 Å². The fourth-order valence-corrected chi connectivity index (χ4v) is 1.15. The predicted molar refractivity (Wildman–Crippen MR) is 45.2 cm³/mol. The highest BCUT2D eigenvalue weighted by atomic mass is 16.1. The average Bonchev–Trinajstić information content (AvgIpc) is 2.04. The highest BCUT2D eigenvalue weighted by molar-refractivity contribution is 5.79. The molecule has 0 saturated carbocycles. The zero-order valence-electron chi connectivity index (χ0n) is 6.13. The van der Waals surface area contributed by atoms with E-state index in [1.165, 1.54) is 12.4 Å². The summed E-state index contributed by atoms with van der Waals surface area (Å²) >= 11 is 0. The van der Waals surface area contributed by atoms with Crippen LogP contribution in [-0.4, -0.2) is 9.97 Å². The van der Waals surface area contributed by atoms with Crippen LogP contribution < -0.4 is 11.1 Å². The Morgan fingerprint density at radius 3 is 1.83 bits per heavy atom. The zero-order valence-corrected chi connectivity index (χ0v) is 6.13. The summed E-state index contributed by atoms with van der Waals surface area (Å²) in [6, 6.07) is 3.37. The second-order valence-corrected chi connectivity index (χ2v) is 2.44. The minimum atomic E-state index is -0.352. The standard InChI is InChI=1S/C8H6N2O2/c11-7-6-5(1-3-9-7)2-4-10-8(6)12/h1-4H,(H,9,11)(H,10,12). The van der Waals surface area contributed by atoms with Crippen molar-refractivity contribution in [2.45, 2.75) is 0 Å². The van der Waals surface area contributed by atoms with Gasteiger partial charge in [-0.1, -0.05) is 0 Å². The first-order chi connectivity index (χ1) is 5.79. The molecule has 2 rings (SSSR count). The van der Waals surface area contributed by atoms with Crippen molar-refractivity contribution in [3.63, 3.8) is 0 Å². The first-order valence-corrected chi connectivity index (χ1v) is 3.48. The van der Waals surface area contributed by atoms with Crippen LogP contribution >= 0.6 is 0 Å². The van der Waals surface area contributed by atoms with E-state index in [-0.39, 0.29) is 16.5 Å². The summed E-state index contributed by atoms with van der Waals surface area (Å²) in [6.45, 7) is 0. The molecular formula is C8H6N2O2. The van der Waals surface area contributed by atoms with Crippen LogP contribution in [0.2, 0.25) is 0 Å². The maximum atomic E-state index is 11.1. The topological polar surface area (TPSA) is 65.7 Å². The van der Waals surface area contributed by atoms with E-state index < -0.39 is 0 Å². The van der Waals surface area contributed by atoms with E-state index in [2.05, 4.69) is 9.97 Å². The van der Waals surface area contributed by atoms with Gasteiger partial charge in [0, 0.05) is 12.4 Å². The maximum Gasteiger partial charge on any atom is 0.261 e. The van der Waals surface area contributed by atoms with Gasteiger partial charge in [-0.3, -0.25) is 9.59 Å². The summed E-state index contributed by atoms with van der Waals surface area (Å²) in [6.07, 6.45) is 3.04. The van der Waals surface area contributed by atoms with Crippen molar-refractivity contribution in [1.29, 1.82) is 0 Å². The van der Waals surface area contributed by atoms with Crippen LogP contribution in [0.15, 0.2) is 34.1 Å². The molecule has 2 aromatic rings. The van der Waals surface area contributed by atoms with E-state index in [4.69, 9.17) is 0 Å². The van der Waals surface area contributed by atoms with Crippen molar-refractivity contribution < 1.29 is 0 Å². The van der Waals surface area contributed by atoms with E-state index >= 15 is 0 Å². The lowest BCUT2D eigenvalue weighted by atomic mass is 10.2. The highest BCUT2D eigenvalue weighted by Crippen LogP contribution is 1.99. The molecule has 0 fully saturated rings. The van der Waals surface area contributed by atoms with Crippen LogP contribution in [0.25, 0.3) is 10.8 Å². The zero-order chi connectivity index (χ0) is 8.55. The van der Waals surface area contributed by atoms with E-state index in [1.54, 1.807) is 12.1 Å². The number of fused-ring (bicyclic) bond motifs is 1. The summed E-state index contributed by atoms with van der Waals surface area (Å²) in [5.41, 5.74) is -0.705. The van der Waals surface area contributed by atoms with Crippen molar-refractivity contribution in [1.82, 2.24) is 9.97 Å². The molecule has 2 aromatic heterocycles. The van der Waals surface area contributed by atoms with Crippen LogP contribution in [-0.2, 0) is 0 Å². The highest BCUT2D eigenvalue weighted by Gasteiger charge is 1.99. The van der Waals surface area contributed by atoms with Gasteiger partial charge in [-0.2, -0.15) is 0 Å². The largest absolute Gasteiger partial charge is 0.328 e. The quantitative estimate of drug-likeness (QED) is 0.581. The van der Waals surface area contributed by atoms with Crippen LogP contribution in [0.3, 0.4) is 0 Å². The lowest BCUT2D eigenvalue weighted by molar-refractivity contribution is 1.22. The van der Waals surface area contributed by atoms with Gasteiger partial charge >= 0.3 is 0 Å². The number of pyridine rings is 2. The molecule has 0 bridgehead atoms. The van der Waals surface area contributed by atoms with Gasteiger partial charge in [0.1, 0.15) is 5.39 Å². The van der Waals surface area contributed by atoms with Gasteiger partial charge in [-0.25, -0.2) is 0 Å². The molecule has 0 spiro atoms. The molecule has 0 aromatic carbocycles. The number of H-pyrrole nitrogens is 2. The third-order valence-electron chi connectivity index (χ3n) is 1.70. The average molecular weight is 162 g/mol. The van der Waals surface area contributed by atoms with Gasteiger partial charge in [0.15, 0.2) is 0 Å². The van der Waals surface area contributed by atoms with Gasteiger partial charge in [0.05, 0.1) is 0 Å². The molecule has 12 heavy (non-hydrogen) atoms. The molecular weight excluding hydrogens is 156 g/mol. The van der Waals surface area contributed by atoms with E-state index in [0.717, 1.165) is 0 Å². The smallest absolute Gasteiger partial charge is 0.261 e. The number of hydrogen-bond acceptors (Lipinski definition) is 2. The molecule has 2 N–H and O–H groups in total. The number of nitrogens with one attached hydrogen (secondary N) is 2. The molecule has 4 nitrogen and oxygen atoms in total. The molecule has 4 heteroatoms. The van der Waals surface area contributed by atoms with Crippen molar-refractivity contribution >= 4 is 10.8 Å². The first-order valence-electron chi connectivity index (χ1n) is 3.48. The second-order valence-electron chi connectivity index (χ2n) is 2.44. The Labute approximate surface area is 66.9 Å². The molecule has 0 aliphatic heterocycles. The summed E-state index contributed by atoms with van der Waals surface area (Å²) in [7, 11) is 0. The molecule has 0 unspecified atom stereocenters. The molecule has 0 atom stereocenters. The second kappa shape index (κ2) is 2.34. The maximum absolute atomic E-state index is 11.1. The molecule has 0 aliphatic carbocycles.